The second-order valence-corrected chi connectivity index (χ2v) is 5.22. The first-order valence-electron chi connectivity index (χ1n) is 6.09. The molecule has 0 radical (unpaired) electrons. The van der Waals surface area contributed by atoms with E-state index in [4.69, 9.17) is 17.3 Å². The van der Waals surface area contributed by atoms with E-state index in [1.54, 1.807) is 6.07 Å². The van der Waals surface area contributed by atoms with Crippen molar-refractivity contribution in [3.63, 3.8) is 0 Å². The van der Waals surface area contributed by atoms with Crippen molar-refractivity contribution in [2.24, 2.45) is 5.73 Å². The SMILES string of the molecule is CC1CN(c2cccc(Cl)c2C(N)=O)C(C)CN1. The number of primary amides is 1. The van der Waals surface area contributed by atoms with Crippen LogP contribution in [0.15, 0.2) is 18.2 Å². The number of carbonyl (C=O) groups excluding carboxylic acids is 1. The lowest BCUT2D eigenvalue weighted by atomic mass is 10.1. The molecule has 1 amide bonds. The molecule has 0 saturated carbocycles. The van der Waals surface area contributed by atoms with Gasteiger partial charge in [-0.15, -0.1) is 0 Å². The maximum Gasteiger partial charge on any atom is 0.252 e. The molecule has 5 heteroatoms. The van der Waals surface area contributed by atoms with Gasteiger partial charge in [0.1, 0.15) is 0 Å². The van der Waals surface area contributed by atoms with E-state index in [-0.39, 0.29) is 0 Å². The topological polar surface area (TPSA) is 58.4 Å². The van der Waals surface area contributed by atoms with Gasteiger partial charge < -0.3 is 16.0 Å². The smallest absolute Gasteiger partial charge is 0.252 e. The van der Waals surface area contributed by atoms with E-state index in [9.17, 15) is 4.79 Å². The van der Waals surface area contributed by atoms with Gasteiger partial charge in [-0.25, -0.2) is 0 Å². The number of carbonyl (C=O) groups is 1. The molecule has 2 unspecified atom stereocenters. The molecule has 1 aliphatic heterocycles. The third kappa shape index (κ3) is 2.44. The largest absolute Gasteiger partial charge is 0.365 e. The summed E-state index contributed by atoms with van der Waals surface area (Å²) in [5.41, 5.74) is 6.68. The molecule has 1 heterocycles. The van der Waals surface area contributed by atoms with Crippen molar-refractivity contribution in [3.05, 3.63) is 28.8 Å². The Morgan fingerprint density at radius 1 is 1.50 bits per heavy atom. The average molecular weight is 268 g/mol. The van der Waals surface area contributed by atoms with Crippen LogP contribution in [0.3, 0.4) is 0 Å². The molecule has 18 heavy (non-hydrogen) atoms. The summed E-state index contributed by atoms with van der Waals surface area (Å²) in [6.07, 6.45) is 0. The van der Waals surface area contributed by atoms with Gasteiger partial charge in [-0.2, -0.15) is 0 Å². The lowest BCUT2D eigenvalue weighted by Crippen LogP contribution is -2.54. The maximum absolute atomic E-state index is 11.6. The third-order valence-corrected chi connectivity index (χ3v) is 3.63. The van der Waals surface area contributed by atoms with E-state index < -0.39 is 5.91 Å². The van der Waals surface area contributed by atoms with Gasteiger partial charge in [0.25, 0.3) is 5.91 Å². The molecule has 98 valence electrons. The molecule has 1 aromatic carbocycles. The summed E-state index contributed by atoms with van der Waals surface area (Å²) >= 11 is 6.08. The number of piperazine rings is 1. The van der Waals surface area contributed by atoms with Gasteiger partial charge in [0, 0.05) is 25.2 Å². The van der Waals surface area contributed by atoms with Gasteiger partial charge in [-0.3, -0.25) is 4.79 Å². The monoisotopic (exact) mass is 267 g/mol. The molecule has 0 spiro atoms. The zero-order valence-corrected chi connectivity index (χ0v) is 11.4. The van der Waals surface area contributed by atoms with Crippen LogP contribution in [0.4, 0.5) is 5.69 Å². The van der Waals surface area contributed by atoms with Gasteiger partial charge in [-0.05, 0) is 26.0 Å². The van der Waals surface area contributed by atoms with E-state index in [0.29, 0.717) is 22.7 Å². The van der Waals surface area contributed by atoms with Crippen molar-refractivity contribution in [3.8, 4) is 0 Å². The first-order valence-corrected chi connectivity index (χ1v) is 6.47. The van der Waals surface area contributed by atoms with E-state index in [1.165, 1.54) is 0 Å². The first-order chi connectivity index (χ1) is 8.50. The zero-order chi connectivity index (χ0) is 13.3. The third-order valence-electron chi connectivity index (χ3n) is 3.31. The Labute approximate surface area is 112 Å². The minimum absolute atomic E-state index is 0.303. The molecule has 0 aromatic heterocycles. The number of hydrogen-bond donors (Lipinski definition) is 2. The highest BCUT2D eigenvalue weighted by Crippen LogP contribution is 2.29. The predicted octanol–water partition coefficient (Wildman–Crippen LogP) is 1.63. The molecule has 1 fully saturated rings. The molecule has 0 bridgehead atoms. The van der Waals surface area contributed by atoms with Gasteiger partial charge in [0.2, 0.25) is 0 Å². The van der Waals surface area contributed by atoms with Gasteiger partial charge in [0.15, 0.2) is 0 Å². The van der Waals surface area contributed by atoms with Crippen molar-refractivity contribution in [2.45, 2.75) is 25.9 Å². The Hall–Kier alpha value is -1.26. The molecule has 2 rings (SSSR count). The fraction of sp³-hybridized carbons (Fsp3) is 0.462. The molecule has 0 aliphatic carbocycles. The number of benzene rings is 1. The van der Waals surface area contributed by atoms with Crippen LogP contribution in [0, 0.1) is 0 Å². The van der Waals surface area contributed by atoms with Crippen molar-refractivity contribution in [1.29, 1.82) is 0 Å². The highest BCUT2D eigenvalue weighted by molar-refractivity contribution is 6.34. The second kappa shape index (κ2) is 5.16. The minimum Gasteiger partial charge on any atom is -0.365 e. The van der Waals surface area contributed by atoms with Crippen molar-refractivity contribution in [2.75, 3.05) is 18.0 Å². The zero-order valence-electron chi connectivity index (χ0n) is 10.6. The number of halogens is 1. The summed E-state index contributed by atoms with van der Waals surface area (Å²) in [6.45, 7) is 5.95. The summed E-state index contributed by atoms with van der Waals surface area (Å²) in [6, 6.07) is 6.13. The predicted molar refractivity (Wildman–Crippen MR) is 74.2 cm³/mol. The van der Waals surface area contributed by atoms with Crippen LogP contribution in [0.5, 0.6) is 0 Å². The number of nitrogens with one attached hydrogen (secondary N) is 1. The summed E-state index contributed by atoms with van der Waals surface area (Å²) < 4.78 is 0. The van der Waals surface area contributed by atoms with Crippen LogP contribution >= 0.6 is 11.6 Å². The normalized spacial score (nSPS) is 24.1. The van der Waals surface area contributed by atoms with Gasteiger partial charge >= 0.3 is 0 Å². The number of anilines is 1. The molecular weight excluding hydrogens is 250 g/mol. The standard InChI is InChI=1S/C13H18ClN3O/c1-8-7-17(9(2)6-16-8)11-5-3-4-10(14)12(11)13(15)18/h3-5,8-9,16H,6-7H2,1-2H3,(H2,15,18). The molecule has 1 aromatic rings. The van der Waals surface area contributed by atoms with E-state index >= 15 is 0 Å². The van der Waals surface area contributed by atoms with Crippen LogP contribution in [0.1, 0.15) is 24.2 Å². The molecule has 1 aliphatic rings. The van der Waals surface area contributed by atoms with Crippen LogP contribution < -0.4 is 16.0 Å². The molecule has 4 nitrogen and oxygen atoms in total. The van der Waals surface area contributed by atoms with Crippen LogP contribution in [0.25, 0.3) is 0 Å². The Kier molecular flexibility index (Phi) is 3.78. The fourth-order valence-corrected chi connectivity index (χ4v) is 2.62. The average Bonchev–Trinajstić information content (AvgIpc) is 2.31. The Bertz CT molecular complexity index is 464. The first kappa shape index (κ1) is 13.2. The number of amides is 1. The second-order valence-electron chi connectivity index (χ2n) is 4.81. The van der Waals surface area contributed by atoms with Crippen LogP contribution in [-0.2, 0) is 0 Å². The highest BCUT2D eigenvalue weighted by Gasteiger charge is 2.26. The number of hydrogen-bond acceptors (Lipinski definition) is 3. The van der Waals surface area contributed by atoms with Gasteiger partial charge in [-0.1, -0.05) is 17.7 Å². The number of nitrogens with zero attached hydrogens (tertiary/aromatic N) is 1. The van der Waals surface area contributed by atoms with E-state index in [1.807, 2.05) is 12.1 Å². The highest BCUT2D eigenvalue weighted by atomic mass is 35.5. The minimum atomic E-state index is -0.478. The summed E-state index contributed by atoms with van der Waals surface area (Å²) in [4.78, 5) is 13.8. The van der Waals surface area contributed by atoms with Crippen molar-refractivity contribution >= 4 is 23.2 Å². The molecule has 1 saturated heterocycles. The van der Waals surface area contributed by atoms with Gasteiger partial charge in [0.05, 0.1) is 16.3 Å². The Morgan fingerprint density at radius 2 is 2.22 bits per heavy atom. The maximum atomic E-state index is 11.6. The Morgan fingerprint density at radius 3 is 2.89 bits per heavy atom. The van der Waals surface area contributed by atoms with Crippen LogP contribution in [0.2, 0.25) is 5.02 Å². The van der Waals surface area contributed by atoms with E-state index in [0.717, 1.165) is 18.8 Å². The van der Waals surface area contributed by atoms with Crippen LogP contribution in [-0.4, -0.2) is 31.1 Å². The number of nitrogens with two attached hydrogens (primary N) is 1. The molecule has 3 N–H and O–H groups in total. The molecular formula is C13H18ClN3O. The molecule has 2 atom stereocenters. The summed E-state index contributed by atoms with van der Waals surface area (Å²) in [5, 5.41) is 3.82. The van der Waals surface area contributed by atoms with Crippen molar-refractivity contribution in [1.82, 2.24) is 5.32 Å². The number of rotatable bonds is 2. The van der Waals surface area contributed by atoms with Crippen molar-refractivity contribution < 1.29 is 4.79 Å². The fourth-order valence-electron chi connectivity index (χ4n) is 2.35. The lowest BCUT2D eigenvalue weighted by Gasteiger charge is -2.40. The lowest BCUT2D eigenvalue weighted by molar-refractivity contribution is 0.100. The van der Waals surface area contributed by atoms with E-state index in [2.05, 4.69) is 24.1 Å². The summed E-state index contributed by atoms with van der Waals surface area (Å²) in [5.74, 6) is -0.478. The Balaban J connectivity index is 2.43. The quantitative estimate of drug-likeness (QED) is 0.856. The summed E-state index contributed by atoms with van der Waals surface area (Å²) in [7, 11) is 0.